The first-order valence-electron chi connectivity index (χ1n) is 9.44. The van der Waals surface area contributed by atoms with Crippen molar-refractivity contribution in [1.29, 1.82) is 0 Å². The highest BCUT2D eigenvalue weighted by Gasteiger charge is 2.08. The monoisotopic (exact) mass is 380 g/mol. The van der Waals surface area contributed by atoms with Crippen molar-refractivity contribution in [3.63, 3.8) is 0 Å². The minimum atomic E-state index is 0.110. The molecule has 142 valence electrons. The second-order valence-electron chi connectivity index (χ2n) is 6.66. The Hall–Kier alpha value is -3.84. The van der Waals surface area contributed by atoms with Crippen LogP contribution in [-0.2, 0) is 6.42 Å². The number of nitrogens with one attached hydrogen (secondary N) is 1. The van der Waals surface area contributed by atoms with Crippen LogP contribution in [0.4, 0.5) is 0 Å². The molecule has 0 saturated heterocycles. The van der Waals surface area contributed by atoms with Crippen molar-refractivity contribution < 1.29 is 9.53 Å². The molecule has 1 N–H and O–H groups in total. The minimum absolute atomic E-state index is 0.110. The highest BCUT2D eigenvalue weighted by molar-refractivity contribution is 5.96. The molecular formula is C25H20N2O2. The number of ether oxygens (including phenoxy) is 1. The van der Waals surface area contributed by atoms with E-state index in [-0.39, 0.29) is 5.78 Å². The Morgan fingerprint density at radius 3 is 2.62 bits per heavy atom. The number of H-pyrrole nitrogens is 1. The Labute approximate surface area is 169 Å². The van der Waals surface area contributed by atoms with Gasteiger partial charge in [-0.3, -0.25) is 4.79 Å². The number of aromatic nitrogens is 2. The fraction of sp³-hybridized carbons (Fsp3) is 0.120. The predicted molar refractivity (Wildman–Crippen MR) is 114 cm³/mol. The van der Waals surface area contributed by atoms with Gasteiger partial charge in [0.1, 0.15) is 11.4 Å². The summed E-state index contributed by atoms with van der Waals surface area (Å²) in [4.78, 5) is 19.9. The smallest absolute Gasteiger partial charge is 0.163 e. The van der Waals surface area contributed by atoms with E-state index in [9.17, 15) is 4.79 Å². The van der Waals surface area contributed by atoms with Crippen LogP contribution in [-0.4, -0.2) is 22.9 Å². The first-order valence-corrected chi connectivity index (χ1v) is 9.44. The van der Waals surface area contributed by atoms with E-state index in [0.717, 1.165) is 33.5 Å². The second-order valence-corrected chi connectivity index (χ2v) is 6.66. The van der Waals surface area contributed by atoms with Crippen molar-refractivity contribution >= 4 is 16.8 Å². The zero-order valence-electron chi connectivity index (χ0n) is 16.1. The van der Waals surface area contributed by atoms with Crippen molar-refractivity contribution in [3.05, 3.63) is 95.3 Å². The lowest BCUT2D eigenvalue weighted by atomic mass is 9.99. The normalized spacial score (nSPS) is 10.4. The number of Topliss-reactive ketones (excluding diaryl/α,β-unsaturated/α-hetero) is 1. The molecule has 4 heteroatoms. The molecule has 4 nitrogen and oxygen atoms in total. The highest BCUT2D eigenvalue weighted by Crippen LogP contribution is 2.17. The molecule has 29 heavy (non-hydrogen) atoms. The number of aryl methyl sites for hydroxylation is 1. The third-order valence-electron chi connectivity index (χ3n) is 4.84. The average molecular weight is 380 g/mol. The average Bonchev–Trinajstić information content (AvgIpc) is 3.26. The standard InChI is InChI=1S/C25H20N2O2/c1-29-22-11-8-21(9-12-22)24(28)13-10-19-5-3-2-4-18(19)6-7-20-14-16-26-25-23(20)15-17-27-25/h2-5,8-9,11-12,14-17H,10,13H2,1H3,(H,26,27). The first kappa shape index (κ1) is 18.5. The number of carbonyl (C=O) groups excluding carboxylic acids is 1. The van der Waals surface area contributed by atoms with E-state index < -0.39 is 0 Å². The van der Waals surface area contributed by atoms with Crippen LogP contribution in [0.1, 0.15) is 33.5 Å². The van der Waals surface area contributed by atoms with E-state index in [0.29, 0.717) is 18.4 Å². The molecule has 0 aliphatic rings. The van der Waals surface area contributed by atoms with Crippen molar-refractivity contribution in [3.8, 4) is 17.6 Å². The van der Waals surface area contributed by atoms with E-state index in [1.165, 1.54) is 0 Å². The van der Waals surface area contributed by atoms with Gasteiger partial charge in [0.25, 0.3) is 0 Å². The SMILES string of the molecule is COc1ccc(C(=O)CCc2ccccc2C#Cc2ccnc3[nH]ccc23)cc1. The number of hydrogen-bond acceptors (Lipinski definition) is 3. The summed E-state index contributed by atoms with van der Waals surface area (Å²) in [7, 11) is 1.61. The minimum Gasteiger partial charge on any atom is -0.497 e. The highest BCUT2D eigenvalue weighted by atomic mass is 16.5. The van der Waals surface area contributed by atoms with Crippen molar-refractivity contribution in [2.75, 3.05) is 7.11 Å². The number of benzene rings is 2. The number of fused-ring (bicyclic) bond motifs is 1. The molecule has 0 radical (unpaired) electrons. The van der Waals surface area contributed by atoms with Crippen molar-refractivity contribution in [2.24, 2.45) is 0 Å². The second kappa shape index (κ2) is 8.45. The molecule has 0 amide bonds. The van der Waals surface area contributed by atoms with Crippen LogP contribution in [0.2, 0.25) is 0 Å². The number of carbonyl (C=O) groups is 1. The van der Waals surface area contributed by atoms with Gasteiger partial charge in [0.05, 0.1) is 7.11 Å². The molecule has 4 rings (SSSR count). The Kier molecular flexibility index (Phi) is 5.40. The maximum Gasteiger partial charge on any atom is 0.163 e. The molecule has 0 fully saturated rings. The van der Waals surface area contributed by atoms with Gasteiger partial charge >= 0.3 is 0 Å². The summed E-state index contributed by atoms with van der Waals surface area (Å²) in [6.45, 7) is 0. The number of rotatable bonds is 5. The summed E-state index contributed by atoms with van der Waals surface area (Å²) in [5, 5.41) is 1.01. The van der Waals surface area contributed by atoms with E-state index in [4.69, 9.17) is 4.74 Å². The Morgan fingerprint density at radius 1 is 1.00 bits per heavy atom. The number of hydrogen-bond donors (Lipinski definition) is 1. The molecule has 0 saturated carbocycles. The molecule has 0 unspecified atom stereocenters. The largest absolute Gasteiger partial charge is 0.497 e. The molecule has 2 aromatic heterocycles. The van der Waals surface area contributed by atoms with Crippen LogP contribution in [0.3, 0.4) is 0 Å². The predicted octanol–water partition coefficient (Wildman–Crippen LogP) is 4.79. The van der Waals surface area contributed by atoms with Gasteiger partial charge in [-0.05, 0) is 54.4 Å². The number of nitrogens with zero attached hydrogens (tertiary/aromatic N) is 1. The maximum absolute atomic E-state index is 12.5. The summed E-state index contributed by atoms with van der Waals surface area (Å²) in [6, 6.07) is 19.1. The third kappa shape index (κ3) is 4.20. The van der Waals surface area contributed by atoms with Gasteiger partial charge in [0.15, 0.2) is 5.78 Å². The molecule has 2 aromatic carbocycles. The van der Waals surface area contributed by atoms with E-state index in [1.807, 2.05) is 54.7 Å². The van der Waals surface area contributed by atoms with Gasteiger partial charge in [-0.1, -0.05) is 30.0 Å². The summed E-state index contributed by atoms with van der Waals surface area (Å²) in [5.41, 5.74) is 4.47. The lowest BCUT2D eigenvalue weighted by Gasteiger charge is -2.05. The Bertz CT molecular complexity index is 1210. The first-order chi connectivity index (χ1) is 14.2. The molecule has 4 aromatic rings. The van der Waals surface area contributed by atoms with Gasteiger partial charge in [-0.2, -0.15) is 0 Å². The van der Waals surface area contributed by atoms with Gasteiger partial charge in [0, 0.05) is 40.9 Å². The maximum atomic E-state index is 12.5. The van der Waals surface area contributed by atoms with Crippen LogP contribution < -0.4 is 4.74 Å². The quantitative estimate of drug-likeness (QED) is 0.400. The van der Waals surface area contributed by atoms with Crippen molar-refractivity contribution in [2.45, 2.75) is 12.8 Å². The lowest BCUT2D eigenvalue weighted by molar-refractivity contribution is 0.0983. The summed E-state index contributed by atoms with van der Waals surface area (Å²) in [5.74, 6) is 7.38. The zero-order valence-corrected chi connectivity index (χ0v) is 16.1. The van der Waals surface area contributed by atoms with Crippen LogP contribution in [0, 0.1) is 11.8 Å². The van der Waals surface area contributed by atoms with E-state index >= 15 is 0 Å². The molecule has 0 atom stereocenters. The molecular weight excluding hydrogens is 360 g/mol. The summed E-state index contributed by atoms with van der Waals surface area (Å²) in [6.07, 6.45) is 4.69. The Morgan fingerprint density at radius 2 is 1.79 bits per heavy atom. The number of aromatic amines is 1. The number of methoxy groups -OCH3 is 1. The fourth-order valence-corrected chi connectivity index (χ4v) is 3.23. The van der Waals surface area contributed by atoms with Gasteiger partial charge < -0.3 is 9.72 Å². The molecule has 0 aliphatic carbocycles. The van der Waals surface area contributed by atoms with Gasteiger partial charge in [0.2, 0.25) is 0 Å². The van der Waals surface area contributed by atoms with Gasteiger partial charge in [-0.15, -0.1) is 0 Å². The van der Waals surface area contributed by atoms with E-state index in [2.05, 4.69) is 21.8 Å². The van der Waals surface area contributed by atoms with Crippen LogP contribution in [0.25, 0.3) is 11.0 Å². The van der Waals surface area contributed by atoms with Crippen LogP contribution >= 0.6 is 0 Å². The fourth-order valence-electron chi connectivity index (χ4n) is 3.23. The van der Waals surface area contributed by atoms with Crippen LogP contribution in [0.15, 0.2) is 73.1 Å². The lowest BCUT2D eigenvalue weighted by Crippen LogP contribution is -2.02. The summed E-state index contributed by atoms with van der Waals surface area (Å²) >= 11 is 0. The van der Waals surface area contributed by atoms with Crippen LogP contribution in [0.5, 0.6) is 5.75 Å². The van der Waals surface area contributed by atoms with Crippen molar-refractivity contribution in [1.82, 2.24) is 9.97 Å². The number of pyridine rings is 1. The number of ketones is 1. The van der Waals surface area contributed by atoms with Gasteiger partial charge in [-0.25, -0.2) is 4.98 Å². The molecule has 0 spiro atoms. The Balaban J connectivity index is 1.52. The van der Waals surface area contributed by atoms with E-state index in [1.54, 1.807) is 25.4 Å². The zero-order chi connectivity index (χ0) is 20.1. The molecule has 2 heterocycles. The molecule has 0 bridgehead atoms. The molecule has 0 aliphatic heterocycles. The summed E-state index contributed by atoms with van der Waals surface area (Å²) < 4.78 is 5.15. The topological polar surface area (TPSA) is 55.0 Å². The third-order valence-corrected chi connectivity index (χ3v) is 4.84.